The molecule has 1 aliphatic heterocycles. The van der Waals surface area contributed by atoms with Crippen molar-refractivity contribution < 1.29 is 22.0 Å². The molecule has 1 saturated heterocycles. The summed E-state index contributed by atoms with van der Waals surface area (Å²) in [4.78, 5) is 19.3. The largest absolute Gasteiger partial charge is 0.441 e. The van der Waals surface area contributed by atoms with Crippen LogP contribution in [0, 0.1) is 12.7 Å². The maximum Gasteiger partial charge on any atom is 0.255 e. The van der Waals surface area contributed by atoms with Gasteiger partial charge in [0.15, 0.2) is 9.84 Å². The van der Waals surface area contributed by atoms with Gasteiger partial charge in [0.05, 0.1) is 17.2 Å². The van der Waals surface area contributed by atoms with Gasteiger partial charge >= 0.3 is 0 Å². The van der Waals surface area contributed by atoms with Crippen LogP contribution >= 0.6 is 0 Å². The molecular weight excluding hydrogens is 457 g/mol. The van der Waals surface area contributed by atoms with E-state index in [1.807, 2.05) is 24.0 Å². The Hall–Kier alpha value is -3.04. The van der Waals surface area contributed by atoms with Crippen LogP contribution < -0.4 is 5.32 Å². The third-order valence-electron chi connectivity index (χ3n) is 6.33. The van der Waals surface area contributed by atoms with Gasteiger partial charge in [-0.15, -0.1) is 0 Å². The van der Waals surface area contributed by atoms with E-state index in [1.54, 1.807) is 12.1 Å². The van der Waals surface area contributed by atoms with Crippen LogP contribution in [0.15, 0.2) is 46.9 Å². The molecule has 1 aliphatic carbocycles. The van der Waals surface area contributed by atoms with Crippen molar-refractivity contribution >= 4 is 21.4 Å². The number of amides is 1. The summed E-state index contributed by atoms with van der Waals surface area (Å²) >= 11 is 0. The molecular formula is C25H26FN3O4S. The lowest BCUT2D eigenvalue weighted by Gasteiger charge is -2.26. The molecule has 1 N–H and O–H groups in total. The third-order valence-corrected chi connectivity index (χ3v) is 7.93. The number of benzene rings is 2. The number of carbonyl (C=O) groups is 1. The van der Waals surface area contributed by atoms with E-state index in [1.165, 1.54) is 18.2 Å². The molecule has 0 radical (unpaired) electrons. The lowest BCUT2D eigenvalue weighted by atomic mass is 10.1. The zero-order valence-electron chi connectivity index (χ0n) is 18.9. The van der Waals surface area contributed by atoms with E-state index in [0.29, 0.717) is 41.7 Å². The van der Waals surface area contributed by atoms with E-state index in [-0.39, 0.29) is 24.0 Å². The number of hydrogen-bond acceptors (Lipinski definition) is 6. The minimum Gasteiger partial charge on any atom is -0.441 e. The van der Waals surface area contributed by atoms with Gasteiger partial charge in [0.1, 0.15) is 11.6 Å². The quantitative estimate of drug-likeness (QED) is 0.566. The maximum absolute atomic E-state index is 14.4. The van der Waals surface area contributed by atoms with Gasteiger partial charge in [-0.3, -0.25) is 9.69 Å². The molecule has 2 aliphatic rings. The minimum atomic E-state index is -3.01. The number of aryl methyl sites for hydroxylation is 1. The monoisotopic (exact) mass is 483 g/mol. The first-order valence-corrected chi connectivity index (χ1v) is 13.2. The number of nitrogens with one attached hydrogen (secondary N) is 1. The molecule has 0 unspecified atom stereocenters. The Bertz CT molecular complexity index is 1320. The summed E-state index contributed by atoms with van der Waals surface area (Å²) in [5.41, 5.74) is 3.17. The minimum absolute atomic E-state index is 0.0692. The normalized spacial score (nSPS) is 18.1. The molecule has 2 heterocycles. The van der Waals surface area contributed by atoms with Crippen molar-refractivity contribution in [2.75, 3.05) is 29.9 Å². The molecule has 2 fully saturated rings. The first kappa shape index (κ1) is 22.7. The number of carbonyl (C=O) groups excluding carboxylic acids is 1. The molecule has 34 heavy (non-hydrogen) atoms. The number of hydrogen-bond donors (Lipinski definition) is 1. The van der Waals surface area contributed by atoms with Crippen molar-refractivity contribution in [3.8, 4) is 11.5 Å². The molecule has 1 amide bonds. The standard InChI is InChI=1S/C25H26FN3O4S/c1-16-23(17-2-3-17)28-25(33-16)18-4-7-21(8-5-18)27-24(30)19-6-9-22(26)20(14-19)15-29-10-12-34(31,32)13-11-29/h4-9,14,17H,2-3,10-13,15H2,1H3,(H,27,30). The zero-order valence-corrected chi connectivity index (χ0v) is 19.7. The maximum atomic E-state index is 14.4. The van der Waals surface area contributed by atoms with Gasteiger partial charge in [-0.2, -0.15) is 0 Å². The van der Waals surface area contributed by atoms with E-state index >= 15 is 0 Å². The molecule has 2 aromatic carbocycles. The number of halogens is 1. The average Bonchev–Trinajstić information content (AvgIpc) is 3.58. The zero-order chi connectivity index (χ0) is 23.9. The lowest BCUT2D eigenvalue weighted by Crippen LogP contribution is -2.39. The predicted octanol–water partition coefficient (Wildman–Crippen LogP) is 4.15. The van der Waals surface area contributed by atoms with Gasteiger partial charge in [-0.05, 0) is 62.2 Å². The van der Waals surface area contributed by atoms with Crippen LogP contribution in [-0.4, -0.2) is 48.8 Å². The SMILES string of the molecule is Cc1oc(-c2ccc(NC(=O)c3ccc(F)c(CN4CCS(=O)(=O)CC4)c3)cc2)nc1C1CC1. The molecule has 178 valence electrons. The van der Waals surface area contributed by atoms with Crippen LogP contribution in [0.2, 0.25) is 0 Å². The third kappa shape index (κ3) is 5.05. The van der Waals surface area contributed by atoms with Crippen molar-refractivity contribution in [2.24, 2.45) is 0 Å². The first-order chi connectivity index (χ1) is 16.3. The molecule has 1 saturated carbocycles. The molecule has 7 nitrogen and oxygen atoms in total. The highest BCUT2D eigenvalue weighted by atomic mass is 32.2. The second-order valence-electron chi connectivity index (χ2n) is 9.00. The van der Waals surface area contributed by atoms with Crippen LogP contribution in [0.1, 0.15) is 46.1 Å². The van der Waals surface area contributed by atoms with Gasteiger partial charge in [0.2, 0.25) is 5.89 Å². The Balaban J connectivity index is 1.25. The van der Waals surface area contributed by atoms with E-state index < -0.39 is 15.7 Å². The lowest BCUT2D eigenvalue weighted by molar-refractivity contribution is 0.102. The van der Waals surface area contributed by atoms with Gasteiger partial charge in [-0.25, -0.2) is 17.8 Å². The summed E-state index contributed by atoms with van der Waals surface area (Å²) in [6, 6.07) is 11.5. The number of nitrogens with zero attached hydrogens (tertiary/aromatic N) is 2. The van der Waals surface area contributed by atoms with Crippen molar-refractivity contribution in [2.45, 2.75) is 32.2 Å². The Morgan fingerprint density at radius 3 is 2.53 bits per heavy atom. The predicted molar refractivity (Wildman–Crippen MR) is 127 cm³/mol. The molecule has 9 heteroatoms. The topological polar surface area (TPSA) is 92.5 Å². The summed E-state index contributed by atoms with van der Waals surface area (Å²) in [6.45, 7) is 2.91. The van der Waals surface area contributed by atoms with Crippen molar-refractivity contribution in [1.82, 2.24) is 9.88 Å². The number of oxazole rings is 1. The second-order valence-corrected chi connectivity index (χ2v) is 11.3. The Morgan fingerprint density at radius 1 is 1.15 bits per heavy atom. The van der Waals surface area contributed by atoms with E-state index in [2.05, 4.69) is 10.3 Å². The van der Waals surface area contributed by atoms with Crippen LogP contribution in [0.5, 0.6) is 0 Å². The Morgan fingerprint density at radius 2 is 1.85 bits per heavy atom. The fourth-order valence-corrected chi connectivity index (χ4v) is 5.43. The molecule has 1 aromatic heterocycles. The van der Waals surface area contributed by atoms with Gasteiger partial charge < -0.3 is 9.73 Å². The number of anilines is 1. The highest BCUT2D eigenvalue weighted by molar-refractivity contribution is 7.91. The highest BCUT2D eigenvalue weighted by Gasteiger charge is 2.29. The van der Waals surface area contributed by atoms with Gasteiger partial charge in [0.25, 0.3) is 5.91 Å². The summed E-state index contributed by atoms with van der Waals surface area (Å²) in [5, 5.41) is 2.84. The first-order valence-electron chi connectivity index (χ1n) is 11.4. The van der Waals surface area contributed by atoms with Gasteiger partial charge in [0, 0.05) is 47.9 Å². The highest BCUT2D eigenvalue weighted by Crippen LogP contribution is 2.42. The summed E-state index contributed by atoms with van der Waals surface area (Å²) < 4.78 is 43.4. The van der Waals surface area contributed by atoms with E-state index in [4.69, 9.17) is 4.42 Å². The Labute approximate surface area is 197 Å². The molecule has 0 bridgehead atoms. The number of rotatable bonds is 6. The fraction of sp³-hybridized carbons (Fsp3) is 0.360. The van der Waals surface area contributed by atoms with Crippen molar-refractivity contribution in [3.63, 3.8) is 0 Å². The molecule has 3 aromatic rings. The fourth-order valence-electron chi connectivity index (χ4n) is 4.15. The Kier molecular flexibility index (Phi) is 5.99. The van der Waals surface area contributed by atoms with E-state index in [9.17, 15) is 17.6 Å². The van der Waals surface area contributed by atoms with E-state index in [0.717, 1.165) is 29.9 Å². The summed E-state index contributed by atoms with van der Waals surface area (Å²) in [7, 11) is -3.01. The molecule has 0 spiro atoms. The number of aromatic nitrogens is 1. The van der Waals surface area contributed by atoms with Crippen LogP contribution in [0.25, 0.3) is 11.5 Å². The molecule has 5 rings (SSSR count). The summed E-state index contributed by atoms with van der Waals surface area (Å²) in [6.07, 6.45) is 2.31. The number of sulfone groups is 1. The van der Waals surface area contributed by atoms with Crippen molar-refractivity contribution in [1.29, 1.82) is 0 Å². The van der Waals surface area contributed by atoms with Gasteiger partial charge in [-0.1, -0.05) is 0 Å². The van der Waals surface area contributed by atoms with Crippen LogP contribution in [-0.2, 0) is 16.4 Å². The van der Waals surface area contributed by atoms with Crippen LogP contribution in [0.4, 0.5) is 10.1 Å². The van der Waals surface area contributed by atoms with Crippen molar-refractivity contribution in [3.05, 3.63) is 70.9 Å². The summed E-state index contributed by atoms with van der Waals surface area (Å²) in [5.74, 6) is 1.32. The average molecular weight is 484 g/mol. The smallest absolute Gasteiger partial charge is 0.255 e. The van der Waals surface area contributed by atoms with Crippen LogP contribution in [0.3, 0.4) is 0 Å². The molecule has 0 atom stereocenters. The second kappa shape index (κ2) is 8.96.